The highest BCUT2D eigenvalue weighted by atomic mass is 32.2. The number of hydrogen-bond donors (Lipinski definition) is 1. The Morgan fingerprint density at radius 2 is 1.87 bits per heavy atom. The number of aryl methyl sites for hydroxylation is 1. The Hall–Kier alpha value is -3.06. The Morgan fingerprint density at radius 1 is 1.13 bits per heavy atom. The molecule has 31 heavy (non-hydrogen) atoms. The first-order chi connectivity index (χ1) is 15.1. The van der Waals surface area contributed by atoms with Gasteiger partial charge in [-0.2, -0.15) is 0 Å². The van der Waals surface area contributed by atoms with Crippen molar-refractivity contribution in [2.24, 2.45) is 0 Å². The third-order valence-electron chi connectivity index (χ3n) is 6.05. The molecule has 0 radical (unpaired) electrons. The number of carbonyl (C=O) groups excluding carboxylic acids is 1. The zero-order valence-corrected chi connectivity index (χ0v) is 18.2. The van der Waals surface area contributed by atoms with Gasteiger partial charge in [0.15, 0.2) is 0 Å². The molecule has 158 valence electrons. The molecule has 6 nitrogen and oxygen atoms in total. The summed E-state index contributed by atoms with van der Waals surface area (Å²) in [5.74, 6) is 0.505. The molecule has 2 aromatic carbocycles. The number of thioether (sulfide) groups is 1. The smallest absolute Gasteiger partial charge is 0.326 e. The maximum atomic E-state index is 12.8. The molecule has 7 heteroatoms. The number of nitrogens with one attached hydrogen (secondary N) is 1. The zero-order valence-electron chi connectivity index (χ0n) is 17.4. The number of fused-ring (bicyclic) bond motifs is 2. The second kappa shape index (κ2) is 8.23. The molecule has 1 amide bonds. The maximum Gasteiger partial charge on any atom is 0.326 e. The number of benzene rings is 2. The average Bonchev–Trinajstić information content (AvgIpc) is 3.13. The molecule has 0 unspecified atom stereocenters. The fourth-order valence-electron chi connectivity index (χ4n) is 4.43. The minimum absolute atomic E-state index is 0.0701. The molecule has 1 saturated heterocycles. The van der Waals surface area contributed by atoms with E-state index in [0.29, 0.717) is 18.8 Å². The van der Waals surface area contributed by atoms with Gasteiger partial charge in [-0.15, -0.1) is 0 Å². The number of rotatable bonds is 4. The number of hydrogen-bond acceptors (Lipinski definition) is 4. The molecule has 0 atom stereocenters. The van der Waals surface area contributed by atoms with Crippen LogP contribution in [0.5, 0.6) is 0 Å². The van der Waals surface area contributed by atoms with Crippen molar-refractivity contribution in [1.82, 2.24) is 19.4 Å². The number of nitrogens with zero attached hydrogens (tertiary/aromatic N) is 3. The molecule has 3 heterocycles. The molecule has 0 aliphatic carbocycles. The quantitative estimate of drug-likeness (QED) is 0.492. The molecule has 1 N–H and O–H groups in total. The van der Waals surface area contributed by atoms with Crippen molar-refractivity contribution in [2.45, 2.75) is 30.8 Å². The van der Waals surface area contributed by atoms with E-state index in [1.807, 2.05) is 51.9 Å². The molecule has 1 fully saturated rings. The molecule has 1 aliphatic rings. The summed E-state index contributed by atoms with van der Waals surface area (Å²) in [5.41, 5.74) is 3.86. The largest absolute Gasteiger partial charge is 0.342 e. The summed E-state index contributed by atoms with van der Waals surface area (Å²) in [6.07, 6.45) is 1.57. The standard InChI is InChI=1S/C24H24N4O2S/c1-16-14-22(25-19-7-3-2-6-18(16)19)31-15-23(29)27-12-10-17(11-13-27)28-21-9-5-4-8-20(21)26-24(28)30/h2-9,14,17H,10-13,15H2,1H3,(H,26,30). The normalized spacial score (nSPS) is 15.1. The minimum Gasteiger partial charge on any atom is -0.342 e. The third-order valence-corrected chi connectivity index (χ3v) is 6.95. The van der Waals surface area contributed by atoms with E-state index in [9.17, 15) is 9.59 Å². The average molecular weight is 433 g/mol. The van der Waals surface area contributed by atoms with Gasteiger partial charge >= 0.3 is 5.69 Å². The summed E-state index contributed by atoms with van der Waals surface area (Å²) in [7, 11) is 0. The van der Waals surface area contributed by atoms with Crippen molar-refractivity contribution in [3.8, 4) is 0 Å². The van der Waals surface area contributed by atoms with E-state index in [2.05, 4.69) is 29.0 Å². The highest BCUT2D eigenvalue weighted by molar-refractivity contribution is 7.99. The number of amides is 1. The van der Waals surface area contributed by atoms with E-state index in [1.54, 1.807) is 0 Å². The van der Waals surface area contributed by atoms with Crippen molar-refractivity contribution >= 4 is 39.6 Å². The number of aromatic nitrogens is 3. The van der Waals surface area contributed by atoms with Crippen LogP contribution in [0, 0.1) is 6.92 Å². The van der Waals surface area contributed by atoms with Gasteiger partial charge in [0.25, 0.3) is 0 Å². The first-order valence-corrected chi connectivity index (χ1v) is 11.5. The van der Waals surface area contributed by atoms with Crippen LogP contribution < -0.4 is 5.69 Å². The van der Waals surface area contributed by atoms with Crippen LogP contribution in [0.25, 0.3) is 21.9 Å². The summed E-state index contributed by atoms with van der Waals surface area (Å²) in [6.45, 7) is 3.41. The van der Waals surface area contributed by atoms with Crippen molar-refractivity contribution in [2.75, 3.05) is 18.8 Å². The lowest BCUT2D eigenvalue weighted by atomic mass is 10.0. The summed E-state index contributed by atoms with van der Waals surface area (Å²) >= 11 is 1.49. The van der Waals surface area contributed by atoms with Gasteiger partial charge in [-0.3, -0.25) is 9.36 Å². The van der Waals surface area contributed by atoms with Crippen LogP contribution in [0.2, 0.25) is 0 Å². The predicted octanol–water partition coefficient (Wildman–Crippen LogP) is 4.14. The number of pyridine rings is 1. The molecule has 2 aromatic heterocycles. The molecule has 1 aliphatic heterocycles. The Bertz CT molecular complexity index is 1320. The van der Waals surface area contributed by atoms with Crippen LogP contribution in [0.15, 0.2) is 64.4 Å². The van der Waals surface area contributed by atoms with Gasteiger partial charge in [0.05, 0.1) is 27.3 Å². The van der Waals surface area contributed by atoms with Crippen molar-refractivity contribution in [3.05, 3.63) is 70.6 Å². The number of H-pyrrole nitrogens is 1. The second-order valence-electron chi connectivity index (χ2n) is 8.01. The van der Waals surface area contributed by atoms with E-state index in [1.165, 1.54) is 17.3 Å². The number of carbonyl (C=O) groups is 1. The summed E-state index contributed by atoms with van der Waals surface area (Å²) in [6, 6.07) is 18.0. The molecule has 4 aromatic rings. The fraction of sp³-hybridized carbons (Fsp3) is 0.292. The first kappa shape index (κ1) is 19.9. The zero-order chi connectivity index (χ0) is 21.4. The van der Waals surface area contributed by atoms with E-state index >= 15 is 0 Å². The second-order valence-corrected chi connectivity index (χ2v) is 9.01. The van der Waals surface area contributed by atoms with Gasteiger partial charge in [-0.05, 0) is 49.6 Å². The van der Waals surface area contributed by atoms with Crippen molar-refractivity contribution < 1.29 is 4.79 Å². The lowest BCUT2D eigenvalue weighted by Gasteiger charge is -2.32. The molecule has 5 rings (SSSR count). The van der Waals surface area contributed by atoms with Gasteiger partial charge in [0.2, 0.25) is 5.91 Å². The molecule has 0 spiro atoms. The SMILES string of the molecule is Cc1cc(SCC(=O)N2CCC(n3c(=O)[nH]c4ccccc43)CC2)nc2ccccc12. The maximum absolute atomic E-state index is 12.8. The summed E-state index contributed by atoms with van der Waals surface area (Å²) < 4.78 is 1.85. The van der Waals surface area contributed by atoms with Gasteiger partial charge in [-0.25, -0.2) is 9.78 Å². The fourth-order valence-corrected chi connectivity index (χ4v) is 5.31. The van der Waals surface area contributed by atoms with Gasteiger partial charge in [0.1, 0.15) is 0 Å². The van der Waals surface area contributed by atoms with Gasteiger partial charge in [0, 0.05) is 24.5 Å². The van der Waals surface area contributed by atoms with Crippen LogP contribution >= 0.6 is 11.8 Å². The summed E-state index contributed by atoms with van der Waals surface area (Å²) in [5, 5.41) is 2.03. The van der Waals surface area contributed by atoms with Crippen LogP contribution in [-0.4, -0.2) is 44.2 Å². The van der Waals surface area contributed by atoms with Crippen LogP contribution in [0.1, 0.15) is 24.4 Å². The van der Waals surface area contributed by atoms with Crippen molar-refractivity contribution in [1.29, 1.82) is 0 Å². The highest BCUT2D eigenvalue weighted by Gasteiger charge is 2.26. The minimum atomic E-state index is -0.0701. The first-order valence-electron chi connectivity index (χ1n) is 10.6. The van der Waals surface area contributed by atoms with Crippen LogP contribution in [-0.2, 0) is 4.79 Å². The Labute approximate surface area is 184 Å². The van der Waals surface area contributed by atoms with Crippen LogP contribution in [0.3, 0.4) is 0 Å². The van der Waals surface area contributed by atoms with E-state index in [0.717, 1.165) is 39.8 Å². The highest BCUT2D eigenvalue weighted by Crippen LogP contribution is 2.27. The van der Waals surface area contributed by atoms with Gasteiger partial charge < -0.3 is 9.88 Å². The van der Waals surface area contributed by atoms with Crippen molar-refractivity contribution in [3.63, 3.8) is 0 Å². The Balaban J connectivity index is 1.22. The van der Waals surface area contributed by atoms with E-state index < -0.39 is 0 Å². The number of imidazole rings is 1. The molecule has 0 saturated carbocycles. The predicted molar refractivity (Wildman–Crippen MR) is 125 cm³/mol. The molecule has 0 bridgehead atoms. The molecular weight excluding hydrogens is 408 g/mol. The number of para-hydroxylation sites is 3. The topological polar surface area (TPSA) is 71.0 Å². The number of piperidine rings is 1. The third kappa shape index (κ3) is 3.85. The molecular formula is C24H24N4O2S. The van der Waals surface area contributed by atoms with Gasteiger partial charge in [-0.1, -0.05) is 42.1 Å². The lowest BCUT2D eigenvalue weighted by molar-refractivity contribution is -0.129. The number of aromatic amines is 1. The Kier molecular flexibility index (Phi) is 5.28. The van der Waals surface area contributed by atoms with E-state index in [4.69, 9.17) is 0 Å². The lowest BCUT2D eigenvalue weighted by Crippen LogP contribution is -2.41. The Morgan fingerprint density at radius 3 is 2.71 bits per heavy atom. The van der Waals surface area contributed by atoms with Crippen LogP contribution in [0.4, 0.5) is 0 Å². The number of likely N-dealkylation sites (tertiary alicyclic amines) is 1. The summed E-state index contributed by atoms with van der Waals surface area (Å²) in [4.78, 5) is 34.8. The monoisotopic (exact) mass is 432 g/mol. The van der Waals surface area contributed by atoms with E-state index in [-0.39, 0.29) is 17.6 Å².